The minimum Gasteiger partial charge on any atom is -0.321 e. The first-order valence-electron chi connectivity index (χ1n) is 11.7. The Kier molecular flexibility index (Phi) is 8.34. The normalized spacial score (nSPS) is 11.4. The number of nitrogens with zero attached hydrogens (tertiary/aromatic N) is 1. The molecule has 0 bridgehead atoms. The average molecular weight is 571 g/mol. The average Bonchev–Trinajstić information content (AvgIpc) is 2.93. The van der Waals surface area contributed by atoms with Gasteiger partial charge in [0.05, 0.1) is 10.6 Å². The number of carbonyl (C=O) groups is 2. The largest absolute Gasteiger partial charge is 0.472 e. The fraction of sp³-hybridized carbons (Fsp3) is 0.0741. The van der Waals surface area contributed by atoms with Gasteiger partial charge in [0.2, 0.25) is 6.54 Å². The minimum atomic E-state index is -5.05. The van der Waals surface area contributed by atoms with Crippen LogP contribution < -0.4 is 25.5 Å². The van der Waals surface area contributed by atoms with E-state index in [2.05, 4.69) is 15.5 Å². The highest BCUT2D eigenvalue weighted by Crippen LogP contribution is 2.21. The molecule has 206 valence electrons. The molecule has 3 aromatic carbocycles. The number of nitrogens with one attached hydrogen (secondary N) is 4. The van der Waals surface area contributed by atoms with Crippen LogP contribution in [0.3, 0.4) is 0 Å². The van der Waals surface area contributed by atoms with Crippen LogP contribution in [0.1, 0.15) is 0 Å². The van der Waals surface area contributed by atoms with E-state index in [4.69, 9.17) is 0 Å². The maximum atomic E-state index is 12.9. The number of sulfonamides is 1. The van der Waals surface area contributed by atoms with E-state index in [1.54, 1.807) is 23.0 Å². The third-order valence-corrected chi connectivity index (χ3v) is 6.85. The van der Waals surface area contributed by atoms with Crippen LogP contribution in [0.4, 0.5) is 30.2 Å². The summed E-state index contributed by atoms with van der Waals surface area (Å²) in [5, 5.41) is 2.68. The number of amides is 2. The minimum absolute atomic E-state index is 0.00804. The second-order valence-electron chi connectivity index (χ2n) is 8.46. The summed E-state index contributed by atoms with van der Waals surface area (Å²) in [7, 11) is -4.06. The predicted octanol–water partition coefficient (Wildman–Crippen LogP) is 4.09. The number of aromatic nitrogens is 1. The molecule has 4 N–H and O–H groups in total. The molecule has 9 nitrogen and oxygen atoms in total. The molecule has 0 aliphatic heterocycles. The van der Waals surface area contributed by atoms with Crippen LogP contribution in [-0.2, 0) is 26.2 Å². The van der Waals surface area contributed by atoms with Crippen molar-refractivity contribution in [1.29, 1.82) is 0 Å². The Morgan fingerprint density at radius 2 is 1.38 bits per heavy atom. The van der Waals surface area contributed by atoms with Crippen LogP contribution in [0, 0.1) is 0 Å². The van der Waals surface area contributed by atoms with E-state index in [0.717, 1.165) is 11.1 Å². The molecule has 0 spiro atoms. The molecule has 40 heavy (non-hydrogen) atoms. The number of anilines is 3. The zero-order valence-electron chi connectivity index (χ0n) is 20.6. The van der Waals surface area contributed by atoms with Gasteiger partial charge in [0.1, 0.15) is 0 Å². The Balaban J connectivity index is 1.35. The molecular formula is C27H23F3N5O4S+. The van der Waals surface area contributed by atoms with Gasteiger partial charge < -0.3 is 5.32 Å². The summed E-state index contributed by atoms with van der Waals surface area (Å²) in [5.74, 6) is -2.54. The Bertz CT molecular complexity index is 1600. The van der Waals surface area contributed by atoms with Crippen LogP contribution in [0.25, 0.3) is 11.1 Å². The van der Waals surface area contributed by atoms with Crippen molar-refractivity contribution in [3.8, 4) is 11.1 Å². The van der Waals surface area contributed by atoms with Gasteiger partial charge in [-0.05, 0) is 53.6 Å². The van der Waals surface area contributed by atoms with Crippen molar-refractivity contribution < 1.29 is 35.7 Å². The molecule has 1 heterocycles. The van der Waals surface area contributed by atoms with Crippen molar-refractivity contribution in [1.82, 2.24) is 5.43 Å². The van der Waals surface area contributed by atoms with Crippen LogP contribution in [0.2, 0.25) is 0 Å². The van der Waals surface area contributed by atoms with Crippen LogP contribution in [0.5, 0.6) is 0 Å². The molecule has 4 aromatic rings. The lowest BCUT2D eigenvalue weighted by Gasteiger charge is -2.12. The fourth-order valence-corrected chi connectivity index (χ4v) is 4.63. The van der Waals surface area contributed by atoms with Gasteiger partial charge >= 0.3 is 12.1 Å². The Labute approximate surface area is 227 Å². The standard InChI is InChI=1S/C27H22F3N5O4S/c28-27(29,30)26(37)33-32-21-9-11-22(12-10-21)34-40(38,39)24-8-4-7-23(17-24)31-25(36)18-35-15-13-20(14-16-35)19-5-2-1-3-6-19/h1-17,32,34H,18H2,(H-,31,33,36,37)/p+1. The molecule has 0 fully saturated rings. The first-order valence-corrected chi connectivity index (χ1v) is 13.2. The van der Waals surface area contributed by atoms with Gasteiger partial charge in [0.25, 0.3) is 15.9 Å². The summed E-state index contributed by atoms with van der Waals surface area (Å²) in [6.07, 6.45) is -1.50. The fourth-order valence-electron chi connectivity index (χ4n) is 3.53. The van der Waals surface area contributed by atoms with E-state index in [-0.39, 0.29) is 34.4 Å². The molecular weight excluding hydrogens is 547 g/mol. The number of hydrogen-bond donors (Lipinski definition) is 4. The molecule has 0 saturated heterocycles. The van der Waals surface area contributed by atoms with Crippen molar-refractivity contribution in [2.75, 3.05) is 15.5 Å². The van der Waals surface area contributed by atoms with E-state index in [0.29, 0.717) is 0 Å². The monoisotopic (exact) mass is 570 g/mol. The lowest BCUT2D eigenvalue weighted by atomic mass is 10.1. The van der Waals surface area contributed by atoms with Gasteiger partial charge in [-0.2, -0.15) is 17.7 Å². The lowest BCUT2D eigenvalue weighted by Crippen LogP contribution is -2.40. The second kappa shape index (κ2) is 11.9. The van der Waals surface area contributed by atoms with Crippen molar-refractivity contribution in [2.45, 2.75) is 17.6 Å². The Hall–Kier alpha value is -4.91. The topological polar surface area (TPSA) is 120 Å². The highest BCUT2D eigenvalue weighted by molar-refractivity contribution is 7.92. The van der Waals surface area contributed by atoms with E-state index >= 15 is 0 Å². The summed E-state index contributed by atoms with van der Waals surface area (Å²) >= 11 is 0. The van der Waals surface area contributed by atoms with Crippen molar-refractivity contribution in [3.63, 3.8) is 0 Å². The quantitative estimate of drug-likeness (QED) is 0.179. The molecule has 0 aliphatic carbocycles. The number of benzene rings is 3. The molecule has 2 amide bonds. The van der Waals surface area contributed by atoms with E-state index in [1.165, 1.54) is 47.9 Å². The Morgan fingerprint density at radius 3 is 2.02 bits per heavy atom. The van der Waals surface area contributed by atoms with Crippen LogP contribution in [0.15, 0.2) is 108 Å². The first-order chi connectivity index (χ1) is 19.0. The summed E-state index contributed by atoms with van der Waals surface area (Å²) in [5.41, 5.74) is 6.12. The molecule has 13 heteroatoms. The molecule has 0 atom stereocenters. The maximum absolute atomic E-state index is 12.9. The first kappa shape index (κ1) is 28.1. The third kappa shape index (κ3) is 7.57. The number of alkyl halides is 3. The predicted molar refractivity (Wildman–Crippen MR) is 142 cm³/mol. The van der Waals surface area contributed by atoms with Gasteiger partial charge in [-0.25, -0.2) is 8.42 Å². The second-order valence-corrected chi connectivity index (χ2v) is 10.1. The summed E-state index contributed by atoms with van der Waals surface area (Å²) < 4.78 is 66.6. The summed E-state index contributed by atoms with van der Waals surface area (Å²) in [4.78, 5) is 23.3. The number of hydrazine groups is 1. The summed E-state index contributed by atoms with van der Waals surface area (Å²) in [6, 6.07) is 24.4. The van der Waals surface area contributed by atoms with Gasteiger partial charge in [-0.15, -0.1) is 0 Å². The van der Waals surface area contributed by atoms with E-state index < -0.39 is 22.1 Å². The highest BCUT2D eigenvalue weighted by atomic mass is 32.2. The van der Waals surface area contributed by atoms with Crippen LogP contribution in [-0.4, -0.2) is 26.4 Å². The van der Waals surface area contributed by atoms with E-state index in [9.17, 15) is 31.2 Å². The van der Waals surface area contributed by atoms with Gasteiger partial charge in [-0.3, -0.25) is 25.2 Å². The Morgan fingerprint density at radius 1 is 0.750 bits per heavy atom. The van der Waals surface area contributed by atoms with Gasteiger partial charge in [0, 0.05) is 23.5 Å². The maximum Gasteiger partial charge on any atom is 0.472 e. The van der Waals surface area contributed by atoms with Crippen molar-refractivity contribution in [2.24, 2.45) is 0 Å². The van der Waals surface area contributed by atoms with Crippen molar-refractivity contribution in [3.05, 3.63) is 103 Å². The molecule has 0 radical (unpaired) electrons. The zero-order chi connectivity index (χ0) is 28.8. The van der Waals surface area contributed by atoms with E-state index in [1.807, 2.05) is 42.5 Å². The zero-order valence-corrected chi connectivity index (χ0v) is 21.5. The molecule has 0 saturated carbocycles. The molecule has 1 aromatic heterocycles. The third-order valence-electron chi connectivity index (χ3n) is 5.47. The van der Waals surface area contributed by atoms with Crippen molar-refractivity contribution >= 4 is 38.9 Å². The number of halogens is 3. The molecule has 0 aliphatic rings. The van der Waals surface area contributed by atoms with Crippen LogP contribution >= 0.6 is 0 Å². The molecule has 4 rings (SSSR count). The smallest absolute Gasteiger partial charge is 0.321 e. The highest BCUT2D eigenvalue weighted by Gasteiger charge is 2.38. The number of hydrogen-bond acceptors (Lipinski definition) is 5. The number of pyridine rings is 1. The SMILES string of the molecule is O=C(C[n+]1ccc(-c2ccccc2)cc1)Nc1cccc(S(=O)(=O)Nc2ccc(NNC(=O)C(F)(F)F)cc2)c1. The number of rotatable bonds is 9. The number of carbonyl (C=O) groups excluding carboxylic acids is 2. The summed E-state index contributed by atoms with van der Waals surface area (Å²) in [6.45, 7) is 0.00804. The van der Waals surface area contributed by atoms with Gasteiger partial charge in [-0.1, -0.05) is 36.4 Å². The van der Waals surface area contributed by atoms with Gasteiger partial charge in [0.15, 0.2) is 12.4 Å². The lowest BCUT2D eigenvalue weighted by molar-refractivity contribution is -0.684. The molecule has 0 unspecified atom stereocenters.